The molecule has 1 unspecified atom stereocenters. The van der Waals surface area contributed by atoms with Crippen molar-refractivity contribution in [2.45, 2.75) is 18.4 Å². The molecule has 112 valence electrons. The van der Waals surface area contributed by atoms with E-state index in [1.807, 2.05) is 0 Å². The molecule has 1 atom stereocenters. The second kappa shape index (κ2) is 5.07. The maximum atomic E-state index is 13.5. The van der Waals surface area contributed by atoms with Gasteiger partial charge in [-0.3, -0.25) is 0 Å². The van der Waals surface area contributed by atoms with Crippen molar-refractivity contribution in [3.05, 3.63) is 47.8 Å². The first-order chi connectivity index (χ1) is 9.96. The van der Waals surface area contributed by atoms with Crippen molar-refractivity contribution in [2.24, 2.45) is 0 Å². The fourth-order valence-corrected chi connectivity index (χ4v) is 2.54. The Morgan fingerprint density at radius 1 is 1.38 bits per heavy atom. The van der Waals surface area contributed by atoms with E-state index >= 15 is 0 Å². The molecule has 1 aliphatic heterocycles. The quantitative estimate of drug-likeness (QED) is 0.915. The van der Waals surface area contributed by atoms with Crippen LogP contribution in [0.1, 0.15) is 23.9 Å². The van der Waals surface area contributed by atoms with Crippen LogP contribution in [0, 0.1) is 5.82 Å². The number of aromatic amines is 1. The summed E-state index contributed by atoms with van der Waals surface area (Å²) in [6, 6.07) is 3.76. The molecular formula is C14H14F3N3O. The largest absolute Gasteiger partial charge is 0.380 e. The number of hydrogen-bond acceptors (Lipinski definition) is 3. The lowest BCUT2D eigenvalue weighted by atomic mass is 10.1. The Labute approximate surface area is 119 Å². The molecule has 0 aliphatic carbocycles. The van der Waals surface area contributed by atoms with Gasteiger partial charge < -0.3 is 15.0 Å². The number of rotatable bonds is 3. The SMILES string of the molecule is OC(c1ncc[nH]1)c1ccc(F)cc1N1CCC(F)(F)C1. The van der Waals surface area contributed by atoms with E-state index in [-0.39, 0.29) is 24.5 Å². The molecule has 0 amide bonds. The summed E-state index contributed by atoms with van der Waals surface area (Å²) >= 11 is 0. The van der Waals surface area contributed by atoms with Gasteiger partial charge in [0, 0.05) is 36.6 Å². The van der Waals surface area contributed by atoms with Crippen molar-refractivity contribution >= 4 is 5.69 Å². The van der Waals surface area contributed by atoms with Crippen LogP contribution in [0.2, 0.25) is 0 Å². The Kier molecular flexibility index (Phi) is 3.36. The van der Waals surface area contributed by atoms with Gasteiger partial charge >= 0.3 is 0 Å². The number of alkyl halides is 2. The molecule has 1 aromatic carbocycles. The van der Waals surface area contributed by atoms with Gasteiger partial charge in [-0.15, -0.1) is 0 Å². The number of nitrogens with zero attached hydrogens (tertiary/aromatic N) is 2. The third kappa shape index (κ3) is 2.73. The van der Waals surface area contributed by atoms with Crippen molar-refractivity contribution in [3.8, 4) is 0 Å². The average Bonchev–Trinajstić information content (AvgIpc) is 3.07. The molecule has 21 heavy (non-hydrogen) atoms. The van der Waals surface area contributed by atoms with Gasteiger partial charge in [0.05, 0.1) is 6.54 Å². The van der Waals surface area contributed by atoms with Gasteiger partial charge in [-0.1, -0.05) is 6.07 Å². The number of imidazole rings is 1. The Hall–Kier alpha value is -2.02. The summed E-state index contributed by atoms with van der Waals surface area (Å²) in [5, 5.41) is 10.3. The van der Waals surface area contributed by atoms with E-state index in [9.17, 15) is 18.3 Å². The number of halogens is 3. The minimum absolute atomic E-state index is 0.119. The number of aliphatic hydroxyl groups is 1. The van der Waals surface area contributed by atoms with Crippen LogP contribution in [0.15, 0.2) is 30.6 Å². The first-order valence-corrected chi connectivity index (χ1v) is 6.56. The van der Waals surface area contributed by atoms with E-state index in [4.69, 9.17) is 0 Å². The van der Waals surface area contributed by atoms with E-state index in [0.29, 0.717) is 5.56 Å². The molecule has 0 bridgehead atoms. The number of aliphatic hydroxyl groups excluding tert-OH is 1. The molecule has 2 aromatic rings. The summed E-state index contributed by atoms with van der Waals surface area (Å²) in [6.07, 6.45) is 1.63. The molecule has 1 fully saturated rings. The Bertz CT molecular complexity index is 630. The maximum Gasteiger partial charge on any atom is 0.266 e. The number of H-pyrrole nitrogens is 1. The lowest BCUT2D eigenvalue weighted by Gasteiger charge is -2.23. The zero-order chi connectivity index (χ0) is 15.0. The van der Waals surface area contributed by atoms with Crippen LogP contribution < -0.4 is 4.90 Å². The summed E-state index contributed by atoms with van der Waals surface area (Å²) < 4.78 is 40.2. The number of anilines is 1. The summed E-state index contributed by atoms with van der Waals surface area (Å²) in [7, 11) is 0. The van der Waals surface area contributed by atoms with Crippen LogP contribution in [-0.2, 0) is 0 Å². The molecule has 4 nitrogen and oxygen atoms in total. The van der Waals surface area contributed by atoms with Crippen molar-refractivity contribution in [1.82, 2.24) is 9.97 Å². The number of nitrogens with one attached hydrogen (secondary N) is 1. The van der Waals surface area contributed by atoms with Crippen LogP contribution in [-0.4, -0.2) is 34.1 Å². The highest BCUT2D eigenvalue weighted by molar-refractivity contribution is 5.57. The molecule has 1 aromatic heterocycles. The molecule has 7 heteroatoms. The van der Waals surface area contributed by atoms with E-state index in [1.165, 1.54) is 29.3 Å². The lowest BCUT2D eigenvalue weighted by molar-refractivity contribution is 0.0257. The second-order valence-corrected chi connectivity index (χ2v) is 5.11. The first-order valence-electron chi connectivity index (χ1n) is 6.56. The zero-order valence-corrected chi connectivity index (χ0v) is 11.1. The van der Waals surface area contributed by atoms with Gasteiger partial charge in [0.25, 0.3) is 5.92 Å². The van der Waals surface area contributed by atoms with E-state index in [0.717, 1.165) is 0 Å². The maximum absolute atomic E-state index is 13.5. The van der Waals surface area contributed by atoms with Crippen LogP contribution in [0.4, 0.5) is 18.9 Å². The minimum Gasteiger partial charge on any atom is -0.380 e. The van der Waals surface area contributed by atoms with Gasteiger partial charge in [0.1, 0.15) is 17.7 Å². The van der Waals surface area contributed by atoms with Crippen molar-refractivity contribution in [3.63, 3.8) is 0 Å². The van der Waals surface area contributed by atoms with Crippen LogP contribution in [0.3, 0.4) is 0 Å². The topological polar surface area (TPSA) is 52.2 Å². The van der Waals surface area contributed by atoms with Crippen molar-refractivity contribution < 1.29 is 18.3 Å². The zero-order valence-electron chi connectivity index (χ0n) is 11.1. The molecule has 0 spiro atoms. The molecular weight excluding hydrogens is 283 g/mol. The third-order valence-corrected chi connectivity index (χ3v) is 3.58. The second-order valence-electron chi connectivity index (χ2n) is 5.11. The number of benzene rings is 1. The van der Waals surface area contributed by atoms with Crippen LogP contribution in [0.25, 0.3) is 0 Å². The first kappa shape index (κ1) is 13.9. The molecule has 2 N–H and O–H groups in total. The van der Waals surface area contributed by atoms with Crippen molar-refractivity contribution in [1.29, 1.82) is 0 Å². The van der Waals surface area contributed by atoms with Gasteiger partial charge in [-0.25, -0.2) is 18.2 Å². The predicted molar refractivity (Wildman–Crippen MR) is 70.8 cm³/mol. The molecule has 0 saturated carbocycles. The van der Waals surface area contributed by atoms with Gasteiger partial charge in [-0.2, -0.15) is 0 Å². The standard InChI is InChI=1S/C14H14F3N3O/c15-9-1-2-10(12(21)13-18-4-5-19-13)11(7-9)20-6-3-14(16,17)8-20/h1-2,4-5,7,12,21H,3,6,8H2,(H,18,19). The average molecular weight is 297 g/mol. The van der Waals surface area contributed by atoms with E-state index in [1.54, 1.807) is 6.20 Å². The van der Waals surface area contributed by atoms with Crippen LogP contribution >= 0.6 is 0 Å². The summed E-state index contributed by atoms with van der Waals surface area (Å²) in [5.74, 6) is -3.04. The van der Waals surface area contributed by atoms with Crippen LogP contribution in [0.5, 0.6) is 0 Å². The van der Waals surface area contributed by atoms with Gasteiger partial charge in [0.15, 0.2) is 0 Å². The highest BCUT2D eigenvalue weighted by Crippen LogP contribution is 2.36. The Morgan fingerprint density at radius 3 is 2.81 bits per heavy atom. The fraction of sp³-hybridized carbons (Fsp3) is 0.357. The van der Waals surface area contributed by atoms with Crippen molar-refractivity contribution in [2.75, 3.05) is 18.0 Å². The molecule has 3 rings (SSSR count). The Balaban J connectivity index is 1.98. The Morgan fingerprint density at radius 2 is 2.19 bits per heavy atom. The monoisotopic (exact) mass is 297 g/mol. The highest BCUT2D eigenvalue weighted by Gasteiger charge is 2.39. The van der Waals surface area contributed by atoms with E-state index < -0.39 is 24.4 Å². The summed E-state index contributed by atoms with van der Waals surface area (Å²) in [6.45, 7) is -0.358. The fourth-order valence-electron chi connectivity index (χ4n) is 2.54. The lowest BCUT2D eigenvalue weighted by Crippen LogP contribution is -2.26. The molecule has 0 radical (unpaired) electrons. The smallest absolute Gasteiger partial charge is 0.266 e. The number of hydrogen-bond donors (Lipinski definition) is 2. The van der Waals surface area contributed by atoms with Gasteiger partial charge in [-0.05, 0) is 12.1 Å². The summed E-state index contributed by atoms with van der Waals surface area (Å²) in [5.41, 5.74) is 0.625. The molecule has 1 saturated heterocycles. The van der Waals surface area contributed by atoms with E-state index in [2.05, 4.69) is 9.97 Å². The summed E-state index contributed by atoms with van der Waals surface area (Å²) in [4.78, 5) is 8.10. The predicted octanol–water partition coefficient (Wildman–Crippen LogP) is 2.48. The minimum atomic E-state index is -2.79. The normalized spacial score (nSPS) is 19.0. The van der Waals surface area contributed by atoms with Gasteiger partial charge in [0.2, 0.25) is 0 Å². The third-order valence-electron chi connectivity index (χ3n) is 3.58. The molecule has 1 aliphatic rings. The molecule has 2 heterocycles. The highest BCUT2D eigenvalue weighted by atomic mass is 19.3. The number of aromatic nitrogens is 2.